The molecule has 4 nitrogen and oxygen atoms in total. The number of thioether (sulfide) groups is 1. The number of aromatic nitrogens is 2. The second-order valence-electron chi connectivity index (χ2n) is 2.53. The molecular formula is C8H13N3OS. The number of nitrogen functional groups attached to an aromatic ring is 1. The van der Waals surface area contributed by atoms with Gasteiger partial charge in [0.2, 0.25) is 0 Å². The third-order valence-corrected chi connectivity index (χ3v) is 2.56. The van der Waals surface area contributed by atoms with Crippen LogP contribution in [0, 0.1) is 0 Å². The number of hydrogen-bond acceptors (Lipinski definition) is 5. The topological polar surface area (TPSA) is 72.0 Å². The first kappa shape index (κ1) is 10.3. The Bertz CT molecular complexity index is 257. The molecule has 3 N–H and O–H groups in total. The smallest absolute Gasteiger partial charge is 0.156 e. The summed E-state index contributed by atoms with van der Waals surface area (Å²) in [6.07, 6.45) is 5.00. The summed E-state index contributed by atoms with van der Waals surface area (Å²) in [4.78, 5) is 8.01. The molecule has 0 radical (unpaired) electrons. The van der Waals surface area contributed by atoms with Crippen molar-refractivity contribution in [1.82, 2.24) is 9.97 Å². The first-order chi connectivity index (χ1) is 6.34. The van der Waals surface area contributed by atoms with E-state index >= 15 is 0 Å². The third kappa shape index (κ3) is 3.61. The summed E-state index contributed by atoms with van der Waals surface area (Å²) in [5, 5.41) is 9.33. The van der Waals surface area contributed by atoms with E-state index in [0.717, 1.165) is 23.6 Å². The Morgan fingerprint density at radius 1 is 1.31 bits per heavy atom. The summed E-state index contributed by atoms with van der Waals surface area (Å²) in [6, 6.07) is 0. The van der Waals surface area contributed by atoms with E-state index in [-0.39, 0.29) is 6.61 Å². The number of aliphatic hydroxyl groups is 1. The van der Waals surface area contributed by atoms with Gasteiger partial charge in [-0.25, -0.2) is 9.97 Å². The van der Waals surface area contributed by atoms with Crippen LogP contribution in [0.5, 0.6) is 0 Å². The van der Waals surface area contributed by atoms with Crippen LogP contribution in [-0.2, 0) is 0 Å². The predicted octanol–water partition coefficient (Wildman–Crippen LogP) is 0.923. The highest BCUT2D eigenvalue weighted by atomic mass is 32.2. The Hall–Kier alpha value is -0.810. The normalized spacial score (nSPS) is 10.2. The van der Waals surface area contributed by atoms with Gasteiger partial charge >= 0.3 is 0 Å². The van der Waals surface area contributed by atoms with Gasteiger partial charge in [0.05, 0.1) is 0 Å². The minimum Gasteiger partial charge on any atom is -0.396 e. The maximum absolute atomic E-state index is 8.56. The van der Waals surface area contributed by atoms with Crippen molar-refractivity contribution in [1.29, 1.82) is 0 Å². The Balaban J connectivity index is 2.32. The molecule has 0 aliphatic heterocycles. The Labute approximate surface area is 81.6 Å². The van der Waals surface area contributed by atoms with Crippen molar-refractivity contribution < 1.29 is 5.11 Å². The van der Waals surface area contributed by atoms with Gasteiger partial charge in [0.25, 0.3) is 0 Å². The molecule has 1 rings (SSSR count). The number of nitrogens with two attached hydrogens (primary N) is 1. The van der Waals surface area contributed by atoms with E-state index in [0.29, 0.717) is 5.82 Å². The molecule has 1 aromatic heterocycles. The summed E-state index contributed by atoms with van der Waals surface area (Å²) < 4.78 is 0. The summed E-state index contributed by atoms with van der Waals surface area (Å²) in [5.74, 6) is 1.40. The Kier molecular flexibility index (Phi) is 4.56. The molecule has 0 saturated carbocycles. The largest absolute Gasteiger partial charge is 0.396 e. The number of rotatable bonds is 5. The zero-order valence-corrected chi connectivity index (χ0v) is 8.13. The molecule has 0 aliphatic rings. The Morgan fingerprint density at radius 3 is 2.77 bits per heavy atom. The van der Waals surface area contributed by atoms with Crippen LogP contribution in [0.2, 0.25) is 0 Å². The fourth-order valence-corrected chi connectivity index (χ4v) is 1.71. The van der Waals surface area contributed by atoms with E-state index in [1.165, 1.54) is 0 Å². The molecule has 0 bridgehead atoms. The average Bonchev–Trinajstić information content (AvgIpc) is 2.15. The van der Waals surface area contributed by atoms with E-state index in [9.17, 15) is 0 Å². The standard InChI is InChI=1S/C8H13N3OS/c9-7-8(11-4-3-10-7)13-6-2-1-5-12/h3-4,12H,1-2,5-6H2,(H2,9,10). The van der Waals surface area contributed by atoms with E-state index < -0.39 is 0 Å². The van der Waals surface area contributed by atoms with Crippen LogP contribution in [0.4, 0.5) is 5.82 Å². The van der Waals surface area contributed by atoms with Gasteiger partial charge in [-0.3, -0.25) is 0 Å². The number of unbranched alkanes of at least 4 members (excludes halogenated alkanes) is 1. The first-order valence-corrected chi connectivity index (χ1v) is 5.13. The molecule has 0 aromatic carbocycles. The van der Waals surface area contributed by atoms with Gasteiger partial charge in [-0.15, -0.1) is 11.8 Å². The molecule has 0 spiro atoms. The lowest BCUT2D eigenvalue weighted by Gasteiger charge is -2.01. The summed E-state index contributed by atoms with van der Waals surface area (Å²) in [5.41, 5.74) is 5.59. The molecule has 0 atom stereocenters. The minimum absolute atomic E-state index is 0.247. The van der Waals surface area contributed by atoms with Crippen LogP contribution in [0.15, 0.2) is 17.4 Å². The molecule has 0 amide bonds. The van der Waals surface area contributed by atoms with Crippen LogP contribution >= 0.6 is 11.8 Å². The maximum Gasteiger partial charge on any atom is 0.156 e. The average molecular weight is 199 g/mol. The number of aliphatic hydroxyl groups excluding tert-OH is 1. The monoisotopic (exact) mass is 199 g/mol. The molecule has 0 fully saturated rings. The number of hydrogen-bond donors (Lipinski definition) is 2. The Morgan fingerprint density at radius 2 is 2.08 bits per heavy atom. The van der Waals surface area contributed by atoms with E-state index in [1.807, 2.05) is 0 Å². The summed E-state index contributed by atoms with van der Waals surface area (Å²) in [7, 11) is 0. The molecule has 0 saturated heterocycles. The lowest BCUT2D eigenvalue weighted by molar-refractivity contribution is 0.287. The predicted molar refractivity (Wildman–Crippen MR) is 53.5 cm³/mol. The highest BCUT2D eigenvalue weighted by molar-refractivity contribution is 7.99. The SMILES string of the molecule is Nc1nccnc1SCCCCO. The molecule has 1 aromatic rings. The van der Waals surface area contributed by atoms with Gasteiger partial charge in [0.1, 0.15) is 5.03 Å². The molecule has 13 heavy (non-hydrogen) atoms. The van der Waals surface area contributed by atoms with Gasteiger partial charge in [0.15, 0.2) is 5.82 Å². The van der Waals surface area contributed by atoms with Crippen LogP contribution in [0.1, 0.15) is 12.8 Å². The van der Waals surface area contributed by atoms with Crippen molar-refractivity contribution in [2.45, 2.75) is 17.9 Å². The lowest BCUT2D eigenvalue weighted by Crippen LogP contribution is -1.95. The van der Waals surface area contributed by atoms with Crippen molar-refractivity contribution in [3.63, 3.8) is 0 Å². The zero-order valence-electron chi connectivity index (χ0n) is 7.31. The fraction of sp³-hybridized carbons (Fsp3) is 0.500. The molecular weight excluding hydrogens is 186 g/mol. The van der Waals surface area contributed by atoms with Crippen LogP contribution in [-0.4, -0.2) is 27.4 Å². The summed E-state index contributed by atoms with van der Waals surface area (Å²) in [6.45, 7) is 0.247. The first-order valence-electron chi connectivity index (χ1n) is 4.14. The fourth-order valence-electron chi connectivity index (χ4n) is 0.830. The van der Waals surface area contributed by atoms with Crippen LogP contribution < -0.4 is 5.73 Å². The van der Waals surface area contributed by atoms with Crippen molar-refractivity contribution >= 4 is 17.6 Å². The van der Waals surface area contributed by atoms with Crippen LogP contribution in [0.3, 0.4) is 0 Å². The van der Waals surface area contributed by atoms with Crippen molar-refractivity contribution in [2.24, 2.45) is 0 Å². The quantitative estimate of drug-likeness (QED) is 0.545. The molecule has 72 valence electrons. The van der Waals surface area contributed by atoms with Crippen LogP contribution in [0.25, 0.3) is 0 Å². The lowest BCUT2D eigenvalue weighted by atomic mass is 10.4. The van der Waals surface area contributed by atoms with Crippen molar-refractivity contribution in [3.05, 3.63) is 12.4 Å². The van der Waals surface area contributed by atoms with E-state index in [1.54, 1.807) is 24.2 Å². The molecule has 1 heterocycles. The van der Waals surface area contributed by atoms with Crippen molar-refractivity contribution in [2.75, 3.05) is 18.1 Å². The second-order valence-corrected chi connectivity index (χ2v) is 3.61. The highest BCUT2D eigenvalue weighted by Crippen LogP contribution is 2.20. The number of anilines is 1. The van der Waals surface area contributed by atoms with Gasteiger partial charge in [-0.05, 0) is 18.6 Å². The van der Waals surface area contributed by atoms with Gasteiger partial charge in [0, 0.05) is 19.0 Å². The molecule has 0 aliphatic carbocycles. The maximum atomic E-state index is 8.56. The number of nitrogens with zero attached hydrogens (tertiary/aromatic N) is 2. The molecule has 0 unspecified atom stereocenters. The molecule has 5 heteroatoms. The summed E-state index contributed by atoms with van der Waals surface area (Å²) >= 11 is 1.58. The van der Waals surface area contributed by atoms with Gasteiger partial charge < -0.3 is 10.8 Å². The van der Waals surface area contributed by atoms with E-state index in [4.69, 9.17) is 10.8 Å². The minimum atomic E-state index is 0.247. The van der Waals surface area contributed by atoms with E-state index in [2.05, 4.69) is 9.97 Å². The second kappa shape index (κ2) is 5.77. The third-order valence-electron chi connectivity index (χ3n) is 1.48. The zero-order chi connectivity index (χ0) is 9.52. The van der Waals surface area contributed by atoms with Crippen molar-refractivity contribution in [3.8, 4) is 0 Å². The van der Waals surface area contributed by atoms with Gasteiger partial charge in [-0.1, -0.05) is 0 Å². The highest BCUT2D eigenvalue weighted by Gasteiger charge is 2.00. The van der Waals surface area contributed by atoms with Gasteiger partial charge in [-0.2, -0.15) is 0 Å².